The molecule has 0 aromatic carbocycles. The maximum atomic E-state index is 12.3. The molecule has 112 valence electrons. The molecule has 5 nitrogen and oxygen atoms in total. The van der Waals surface area contributed by atoms with E-state index in [1.807, 2.05) is 0 Å². The monoisotopic (exact) mass is 280 g/mol. The van der Waals surface area contributed by atoms with Crippen molar-refractivity contribution in [2.45, 2.75) is 40.2 Å². The molecule has 0 saturated carbocycles. The van der Waals surface area contributed by atoms with Gasteiger partial charge in [-0.25, -0.2) is 0 Å². The molecule has 0 atom stereocenters. The van der Waals surface area contributed by atoms with Crippen LogP contribution in [0.5, 0.6) is 0 Å². The third kappa shape index (κ3) is 4.11. The number of nitrogens with one attached hydrogen (secondary N) is 1. The largest absolute Gasteiger partial charge is 0.467 e. The Balaban J connectivity index is 2.56. The topological polar surface area (TPSA) is 62.6 Å². The lowest BCUT2D eigenvalue weighted by molar-refractivity contribution is -0.147. The number of carbonyl (C=O) groups is 2. The zero-order valence-corrected chi connectivity index (χ0v) is 12.7. The molecule has 0 aliphatic heterocycles. The van der Waals surface area contributed by atoms with Crippen LogP contribution in [0.2, 0.25) is 0 Å². The summed E-state index contributed by atoms with van der Waals surface area (Å²) in [5.41, 5.74) is -1.07. The number of unbranched alkanes of at least 4 members (excludes halogenated alkanes) is 1. The van der Waals surface area contributed by atoms with Gasteiger partial charge in [-0.2, -0.15) is 0 Å². The predicted molar refractivity (Wildman–Crippen MR) is 76.9 cm³/mol. The first kappa shape index (κ1) is 16.3. The number of carbonyl (C=O) groups excluding carboxylic acids is 2. The van der Waals surface area contributed by atoms with E-state index in [0.717, 1.165) is 12.8 Å². The van der Waals surface area contributed by atoms with Crippen molar-refractivity contribution in [3.8, 4) is 0 Å². The van der Waals surface area contributed by atoms with Gasteiger partial charge in [0, 0.05) is 13.6 Å². The van der Waals surface area contributed by atoms with Crippen LogP contribution >= 0.6 is 0 Å². The van der Waals surface area contributed by atoms with Gasteiger partial charge in [-0.05, 0) is 32.4 Å². The molecule has 0 spiro atoms. The first-order valence-electron chi connectivity index (χ1n) is 6.95. The summed E-state index contributed by atoms with van der Waals surface area (Å²) in [6, 6.07) is 3.54. The molecule has 0 unspecified atom stereocenters. The Morgan fingerprint density at radius 1 is 1.40 bits per heavy atom. The number of hydrogen-bond donors (Lipinski definition) is 1. The summed E-state index contributed by atoms with van der Waals surface area (Å²) in [6.07, 6.45) is 3.51. The van der Waals surface area contributed by atoms with Gasteiger partial charge < -0.3 is 14.6 Å². The van der Waals surface area contributed by atoms with Crippen molar-refractivity contribution in [1.82, 2.24) is 10.2 Å². The molecule has 0 radical (unpaired) electrons. The molecular formula is C15H24N2O3. The highest BCUT2D eigenvalue weighted by Gasteiger charge is 2.37. The van der Waals surface area contributed by atoms with Crippen LogP contribution in [0.15, 0.2) is 22.8 Å². The van der Waals surface area contributed by atoms with Crippen molar-refractivity contribution in [2.75, 3.05) is 13.6 Å². The Hall–Kier alpha value is -1.78. The number of hydrogen-bond acceptors (Lipinski definition) is 3. The number of amides is 2. The molecule has 5 heteroatoms. The van der Waals surface area contributed by atoms with E-state index >= 15 is 0 Å². The fourth-order valence-corrected chi connectivity index (χ4v) is 1.87. The Kier molecular flexibility index (Phi) is 5.80. The molecule has 1 N–H and O–H groups in total. The van der Waals surface area contributed by atoms with E-state index < -0.39 is 5.41 Å². The first-order chi connectivity index (χ1) is 9.39. The van der Waals surface area contributed by atoms with Crippen LogP contribution in [0, 0.1) is 5.41 Å². The molecule has 0 aliphatic carbocycles. The van der Waals surface area contributed by atoms with Crippen molar-refractivity contribution in [2.24, 2.45) is 5.41 Å². The average molecular weight is 280 g/mol. The standard InChI is InChI=1S/C15H24N2O3/c1-5-6-9-17(4)14(19)15(2,3)13(18)16-11-12-8-7-10-20-12/h7-8,10H,5-6,9,11H2,1-4H3,(H,16,18). The molecule has 2 amide bonds. The molecule has 20 heavy (non-hydrogen) atoms. The summed E-state index contributed by atoms with van der Waals surface area (Å²) >= 11 is 0. The lowest BCUT2D eigenvalue weighted by Crippen LogP contribution is -2.48. The minimum absolute atomic E-state index is 0.164. The number of nitrogens with zero attached hydrogens (tertiary/aromatic N) is 1. The second kappa shape index (κ2) is 7.12. The Bertz CT molecular complexity index is 438. The van der Waals surface area contributed by atoms with Crippen molar-refractivity contribution in [3.63, 3.8) is 0 Å². The van der Waals surface area contributed by atoms with E-state index in [9.17, 15) is 9.59 Å². The zero-order chi connectivity index (χ0) is 15.2. The molecule has 0 saturated heterocycles. The van der Waals surface area contributed by atoms with Crippen LogP contribution in [-0.2, 0) is 16.1 Å². The molecular weight excluding hydrogens is 256 g/mol. The first-order valence-corrected chi connectivity index (χ1v) is 6.95. The maximum absolute atomic E-state index is 12.3. The van der Waals surface area contributed by atoms with E-state index in [0.29, 0.717) is 18.8 Å². The molecule has 0 aliphatic rings. The van der Waals surface area contributed by atoms with Crippen LogP contribution < -0.4 is 5.32 Å². The van der Waals surface area contributed by atoms with Gasteiger partial charge in [-0.3, -0.25) is 9.59 Å². The third-order valence-electron chi connectivity index (χ3n) is 3.30. The quantitative estimate of drug-likeness (QED) is 0.779. The van der Waals surface area contributed by atoms with Crippen LogP contribution in [0.25, 0.3) is 0 Å². The molecule has 1 rings (SSSR count). The van der Waals surface area contributed by atoms with Crippen molar-refractivity contribution in [1.29, 1.82) is 0 Å². The number of rotatable bonds is 7. The highest BCUT2D eigenvalue weighted by molar-refractivity contribution is 6.04. The fraction of sp³-hybridized carbons (Fsp3) is 0.600. The molecule has 0 bridgehead atoms. The predicted octanol–water partition coefficient (Wildman–Crippen LogP) is 2.18. The van der Waals surface area contributed by atoms with E-state index in [4.69, 9.17) is 4.42 Å². The summed E-state index contributed by atoms with van der Waals surface area (Å²) in [5, 5.41) is 2.74. The minimum Gasteiger partial charge on any atom is -0.467 e. The van der Waals surface area contributed by atoms with Gasteiger partial charge in [0.25, 0.3) is 0 Å². The van der Waals surface area contributed by atoms with Crippen molar-refractivity contribution < 1.29 is 14.0 Å². The van der Waals surface area contributed by atoms with Crippen LogP contribution in [0.1, 0.15) is 39.4 Å². The van der Waals surface area contributed by atoms with Gasteiger partial charge >= 0.3 is 0 Å². The summed E-state index contributed by atoms with van der Waals surface area (Å²) in [5.74, 6) is 0.214. The van der Waals surface area contributed by atoms with Crippen LogP contribution in [0.3, 0.4) is 0 Å². The molecule has 1 aromatic rings. The lowest BCUT2D eigenvalue weighted by atomic mass is 9.90. The Labute approximate surface area is 120 Å². The average Bonchev–Trinajstić information content (AvgIpc) is 2.94. The summed E-state index contributed by atoms with van der Waals surface area (Å²) in [7, 11) is 1.74. The van der Waals surface area contributed by atoms with Gasteiger partial charge in [-0.15, -0.1) is 0 Å². The maximum Gasteiger partial charge on any atom is 0.237 e. The van der Waals surface area contributed by atoms with Crippen LogP contribution in [-0.4, -0.2) is 30.3 Å². The Morgan fingerprint density at radius 2 is 2.10 bits per heavy atom. The van der Waals surface area contributed by atoms with Gasteiger partial charge in [0.2, 0.25) is 11.8 Å². The Morgan fingerprint density at radius 3 is 2.65 bits per heavy atom. The fourth-order valence-electron chi connectivity index (χ4n) is 1.87. The van der Waals surface area contributed by atoms with E-state index in [1.54, 1.807) is 44.2 Å². The second-order valence-corrected chi connectivity index (χ2v) is 5.47. The second-order valence-electron chi connectivity index (χ2n) is 5.47. The lowest BCUT2D eigenvalue weighted by Gasteiger charge is -2.28. The van der Waals surface area contributed by atoms with E-state index in [1.165, 1.54) is 0 Å². The highest BCUT2D eigenvalue weighted by atomic mass is 16.3. The molecule has 1 heterocycles. The normalized spacial score (nSPS) is 11.2. The SMILES string of the molecule is CCCCN(C)C(=O)C(C)(C)C(=O)NCc1ccco1. The van der Waals surface area contributed by atoms with Gasteiger partial charge in [0.15, 0.2) is 0 Å². The number of furan rings is 1. The third-order valence-corrected chi connectivity index (χ3v) is 3.30. The summed E-state index contributed by atoms with van der Waals surface area (Å²) in [4.78, 5) is 26.1. The van der Waals surface area contributed by atoms with Gasteiger partial charge in [0.1, 0.15) is 11.2 Å². The highest BCUT2D eigenvalue weighted by Crippen LogP contribution is 2.19. The minimum atomic E-state index is -1.07. The smallest absolute Gasteiger partial charge is 0.237 e. The van der Waals surface area contributed by atoms with Crippen molar-refractivity contribution >= 4 is 11.8 Å². The van der Waals surface area contributed by atoms with E-state index in [2.05, 4.69) is 12.2 Å². The summed E-state index contributed by atoms with van der Waals surface area (Å²) < 4.78 is 5.15. The van der Waals surface area contributed by atoms with Gasteiger partial charge in [-0.1, -0.05) is 13.3 Å². The van der Waals surface area contributed by atoms with Crippen LogP contribution in [0.4, 0.5) is 0 Å². The summed E-state index contributed by atoms with van der Waals surface area (Å²) in [6.45, 7) is 6.33. The van der Waals surface area contributed by atoms with E-state index in [-0.39, 0.29) is 11.8 Å². The molecule has 0 fully saturated rings. The van der Waals surface area contributed by atoms with Crippen molar-refractivity contribution in [3.05, 3.63) is 24.2 Å². The van der Waals surface area contributed by atoms with Gasteiger partial charge in [0.05, 0.1) is 12.8 Å². The molecule has 1 aromatic heterocycles. The zero-order valence-electron chi connectivity index (χ0n) is 12.7.